The van der Waals surface area contributed by atoms with Crippen LogP contribution in [0.25, 0.3) is 0 Å². The summed E-state index contributed by atoms with van der Waals surface area (Å²) in [5.41, 5.74) is 2.97. The molecule has 0 saturated carbocycles. The molecule has 0 aromatic heterocycles. The number of aliphatic hydroxyl groups is 3. The third-order valence-corrected chi connectivity index (χ3v) is 5.20. The van der Waals surface area contributed by atoms with Crippen LogP contribution in [0.5, 0.6) is 0 Å². The fourth-order valence-electron chi connectivity index (χ4n) is 3.11. The van der Waals surface area contributed by atoms with Gasteiger partial charge in [-0.3, -0.25) is 24.4 Å². The Morgan fingerprint density at radius 2 is 1.13 bits per heavy atom. The van der Waals surface area contributed by atoms with Gasteiger partial charge in [-0.15, -0.1) is 0 Å². The van der Waals surface area contributed by atoms with E-state index in [1.54, 1.807) is 24.3 Å². The number of hydrogen-bond donors (Lipinski definition) is 7. The van der Waals surface area contributed by atoms with Crippen LogP contribution in [0.3, 0.4) is 0 Å². The molecule has 7 N–H and O–H groups in total. The van der Waals surface area contributed by atoms with Crippen molar-refractivity contribution in [2.24, 2.45) is 0 Å². The Bertz CT molecular complexity index is 1180. The van der Waals surface area contributed by atoms with Crippen molar-refractivity contribution in [1.82, 2.24) is 16.1 Å². The first-order valence-electron chi connectivity index (χ1n) is 11.3. The number of benzene rings is 2. The minimum Gasteiger partial charge on any atom is -0.391 e. The van der Waals surface area contributed by atoms with Gasteiger partial charge >= 0.3 is 0 Å². The van der Waals surface area contributed by atoms with Crippen LogP contribution >= 0.6 is 0 Å². The van der Waals surface area contributed by atoms with Gasteiger partial charge in [0.05, 0.1) is 12.2 Å². The topological polar surface area (TPSA) is 185 Å². The van der Waals surface area contributed by atoms with Crippen LogP contribution in [0.2, 0.25) is 0 Å². The molecule has 0 bridgehead atoms. The highest BCUT2D eigenvalue weighted by molar-refractivity contribution is 5.98. The van der Waals surface area contributed by atoms with E-state index in [9.17, 15) is 29.4 Å². The number of carbonyl (C=O) groups is 4. The van der Waals surface area contributed by atoms with E-state index in [2.05, 4.69) is 34.3 Å². The van der Waals surface area contributed by atoms with Crippen molar-refractivity contribution in [3.05, 3.63) is 70.8 Å². The predicted molar refractivity (Wildman–Crippen MR) is 135 cm³/mol. The lowest BCUT2D eigenvalue weighted by atomic mass is 10.1. The van der Waals surface area contributed by atoms with Crippen LogP contribution in [0.15, 0.2) is 48.5 Å². The van der Waals surface area contributed by atoms with Gasteiger partial charge in [0.2, 0.25) is 0 Å². The summed E-state index contributed by atoms with van der Waals surface area (Å²) < 4.78 is 0. The summed E-state index contributed by atoms with van der Waals surface area (Å²) in [6, 6.07) is 9.69. The highest BCUT2D eigenvalue weighted by atomic mass is 16.5. The normalized spacial score (nSPS) is 13.2. The molecule has 38 heavy (non-hydrogen) atoms. The number of ketones is 1. The van der Waals surface area contributed by atoms with Gasteiger partial charge < -0.3 is 26.0 Å². The standard InChI is InChI=1S/C27H27N3O8/c1-16(32)23(22(34)15-31)28-25(35)20-11-7-18(8-12-20)5-3-4-6-19-9-13-21(14-10-19)26(36)29-24(17(2)33)27(37)30-38/h7-14,16-17,23-24,31-33,38H,15H2,1-2H3,(H,28,35)(H,29,36)(H,30,37)/t16-,17-,23+,24+/m1/s1. The molecule has 11 nitrogen and oxygen atoms in total. The lowest BCUT2D eigenvalue weighted by molar-refractivity contribution is -0.133. The van der Waals surface area contributed by atoms with Crippen molar-refractivity contribution in [2.45, 2.75) is 38.1 Å². The van der Waals surface area contributed by atoms with Crippen molar-refractivity contribution < 1.29 is 39.7 Å². The SMILES string of the molecule is C[C@@H](O)[C@H](NC(=O)c1ccc(C#CC#Cc2ccc(C(=O)N[C@H](C(=O)NO)[C@@H](C)O)cc2)cc1)C(=O)CO. The maximum atomic E-state index is 12.3. The highest BCUT2D eigenvalue weighted by Crippen LogP contribution is 2.06. The summed E-state index contributed by atoms with van der Waals surface area (Å²) in [5, 5.41) is 41.7. The zero-order valence-corrected chi connectivity index (χ0v) is 20.6. The third-order valence-electron chi connectivity index (χ3n) is 5.20. The van der Waals surface area contributed by atoms with Gasteiger partial charge in [0.1, 0.15) is 18.7 Å². The molecule has 0 aliphatic carbocycles. The van der Waals surface area contributed by atoms with E-state index in [4.69, 9.17) is 10.3 Å². The van der Waals surface area contributed by atoms with E-state index in [0.29, 0.717) is 11.1 Å². The Kier molecular flexibility index (Phi) is 11.2. The molecule has 0 saturated heterocycles. The van der Waals surface area contributed by atoms with Crippen LogP contribution in [0.1, 0.15) is 45.7 Å². The second-order valence-electron chi connectivity index (χ2n) is 8.14. The van der Waals surface area contributed by atoms with Crippen LogP contribution < -0.4 is 16.1 Å². The molecular weight excluding hydrogens is 494 g/mol. The summed E-state index contributed by atoms with van der Waals surface area (Å²) in [6.45, 7) is 1.82. The molecule has 4 atom stereocenters. The Balaban J connectivity index is 2.00. The monoisotopic (exact) mass is 521 g/mol. The van der Waals surface area contributed by atoms with E-state index in [0.717, 1.165) is 0 Å². The summed E-state index contributed by atoms with van der Waals surface area (Å²) in [7, 11) is 0. The molecule has 0 radical (unpaired) electrons. The molecule has 2 aromatic rings. The summed E-state index contributed by atoms with van der Waals surface area (Å²) in [6.07, 6.45) is -2.40. The van der Waals surface area contributed by atoms with Gasteiger partial charge in [0, 0.05) is 22.3 Å². The molecule has 3 amide bonds. The molecule has 0 heterocycles. The molecule has 2 aromatic carbocycles. The molecular formula is C27H27N3O8. The number of aliphatic hydroxyl groups excluding tert-OH is 3. The van der Waals surface area contributed by atoms with Gasteiger partial charge in [0.15, 0.2) is 5.78 Å². The Morgan fingerprint density at radius 1 is 0.737 bits per heavy atom. The van der Waals surface area contributed by atoms with E-state index < -0.39 is 54.4 Å². The van der Waals surface area contributed by atoms with E-state index >= 15 is 0 Å². The molecule has 11 heteroatoms. The first kappa shape index (κ1) is 29.7. The first-order chi connectivity index (χ1) is 18.1. The zero-order chi connectivity index (χ0) is 28.2. The second kappa shape index (κ2) is 14.3. The lowest BCUT2D eigenvalue weighted by Gasteiger charge is -2.19. The van der Waals surface area contributed by atoms with Gasteiger partial charge in [-0.25, -0.2) is 5.48 Å². The van der Waals surface area contributed by atoms with Crippen LogP contribution in [0.4, 0.5) is 0 Å². The summed E-state index contributed by atoms with van der Waals surface area (Å²) in [4.78, 5) is 47.8. The number of amides is 3. The Morgan fingerprint density at radius 3 is 1.47 bits per heavy atom. The zero-order valence-electron chi connectivity index (χ0n) is 20.6. The van der Waals surface area contributed by atoms with Crippen LogP contribution in [-0.4, -0.2) is 74.9 Å². The fraction of sp³-hybridized carbons (Fsp3) is 0.259. The Labute approximate surface area is 218 Å². The number of Topliss-reactive ketones (excluding diaryl/α,β-unsaturated/α-hetero) is 1. The molecule has 2 rings (SSSR count). The Hall–Kier alpha value is -4.52. The van der Waals surface area contributed by atoms with Crippen molar-refractivity contribution in [1.29, 1.82) is 0 Å². The van der Waals surface area contributed by atoms with Crippen molar-refractivity contribution in [3.63, 3.8) is 0 Å². The average molecular weight is 522 g/mol. The average Bonchev–Trinajstić information content (AvgIpc) is 2.91. The lowest BCUT2D eigenvalue weighted by Crippen LogP contribution is -2.51. The van der Waals surface area contributed by atoms with Crippen molar-refractivity contribution in [3.8, 4) is 23.7 Å². The van der Waals surface area contributed by atoms with Gasteiger partial charge in [-0.2, -0.15) is 0 Å². The maximum absolute atomic E-state index is 12.3. The largest absolute Gasteiger partial charge is 0.391 e. The minimum absolute atomic E-state index is 0.211. The highest BCUT2D eigenvalue weighted by Gasteiger charge is 2.26. The number of hydroxylamine groups is 1. The quantitative estimate of drug-likeness (QED) is 0.126. The van der Waals surface area contributed by atoms with Crippen LogP contribution in [-0.2, 0) is 9.59 Å². The number of nitrogens with one attached hydrogen (secondary N) is 3. The first-order valence-corrected chi connectivity index (χ1v) is 11.3. The van der Waals surface area contributed by atoms with Crippen molar-refractivity contribution in [2.75, 3.05) is 6.61 Å². The van der Waals surface area contributed by atoms with Crippen molar-refractivity contribution >= 4 is 23.5 Å². The molecule has 0 fully saturated rings. The smallest absolute Gasteiger partial charge is 0.268 e. The molecule has 198 valence electrons. The number of carbonyl (C=O) groups excluding carboxylic acids is 4. The third kappa shape index (κ3) is 8.55. The predicted octanol–water partition coefficient (Wildman–Crippen LogP) is -0.885. The summed E-state index contributed by atoms with van der Waals surface area (Å²) >= 11 is 0. The molecule has 0 unspecified atom stereocenters. The fourth-order valence-corrected chi connectivity index (χ4v) is 3.11. The molecule has 0 aliphatic rings. The summed E-state index contributed by atoms with van der Waals surface area (Å²) in [5.74, 6) is 8.10. The van der Waals surface area contributed by atoms with Gasteiger partial charge in [-0.05, 0) is 74.2 Å². The number of hydrogen-bond acceptors (Lipinski definition) is 8. The van der Waals surface area contributed by atoms with Gasteiger partial charge in [0.25, 0.3) is 17.7 Å². The molecule has 0 aliphatic heterocycles. The minimum atomic E-state index is -1.33. The van der Waals surface area contributed by atoms with Gasteiger partial charge in [-0.1, -0.05) is 11.8 Å². The van der Waals surface area contributed by atoms with E-state index in [1.165, 1.54) is 43.6 Å². The number of rotatable bonds is 9. The van der Waals surface area contributed by atoms with E-state index in [-0.39, 0.29) is 11.1 Å². The van der Waals surface area contributed by atoms with E-state index in [1.807, 2.05) is 0 Å². The molecule has 0 spiro atoms. The van der Waals surface area contributed by atoms with Crippen LogP contribution in [0, 0.1) is 23.7 Å². The second-order valence-corrected chi connectivity index (χ2v) is 8.14. The maximum Gasteiger partial charge on any atom is 0.268 e.